The quantitative estimate of drug-likeness (QED) is 0.142. The van der Waals surface area contributed by atoms with Crippen LogP contribution in [-0.2, 0) is 24.3 Å². The third-order valence-electron chi connectivity index (χ3n) is 8.11. The molecule has 0 saturated heterocycles. The molecular formula is C33H39N5O6. The maximum Gasteiger partial charge on any atom is 0.357 e. The van der Waals surface area contributed by atoms with Crippen molar-refractivity contribution in [3.63, 3.8) is 0 Å². The average Bonchev–Trinajstić information content (AvgIpc) is 3.03. The predicted octanol–water partition coefficient (Wildman–Crippen LogP) is 3.14. The molecule has 1 aliphatic rings. The third kappa shape index (κ3) is 7.65. The minimum absolute atomic E-state index is 0.00514. The number of fused-ring (bicyclic) bond motifs is 1. The van der Waals surface area contributed by atoms with Gasteiger partial charge < -0.3 is 25.8 Å². The Hall–Kier alpha value is -4.64. The first kappa shape index (κ1) is 32.3. The molecule has 11 nitrogen and oxygen atoms in total. The molecule has 1 aliphatic heterocycles. The van der Waals surface area contributed by atoms with Crippen LogP contribution in [0.4, 0.5) is 11.4 Å². The average molecular weight is 602 g/mol. The van der Waals surface area contributed by atoms with Crippen LogP contribution in [0.5, 0.6) is 0 Å². The summed E-state index contributed by atoms with van der Waals surface area (Å²) in [6, 6.07) is 6.90. The number of hydrogen-bond acceptors (Lipinski definition) is 10. The van der Waals surface area contributed by atoms with Crippen LogP contribution in [0.25, 0.3) is 0 Å². The number of nitrogens with two attached hydrogens (primary N) is 1. The number of rotatable bonds is 14. The summed E-state index contributed by atoms with van der Waals surface area (Å²) < 4.78 is 5.49. The van der Waals surface area contributed by atoms with Crippen molar-refractivity contribution in [2.75, 3.05) is 23.8 Å². The van der Waals surface area contributed by atoms with Gasteiger partial charge in [0.05, 0.1) is 0 Å². The highest BCUT2D eigenvalue weighted by Crippen LogP contribution is 2.27. The molecule has 11 heteroatoms. The second-order valence-electron chi connectivity index (χ2n) is 11.2. The van der Waals surface area contributed by atoms with E-state index in [4.69, 9.17) is 15.6 Å². The minimum atomic E-state index is -0.694. The Morgan fingerprint density at radius 2 is 1.86 bits per heavy atom. The lowest BCUT2D eigenvalue weighted by molar-refractivity contribution is 0.0465. The molecule has 44 heavy (non-hydrogen) atoms. The van der Waals surface area contributed by atoms with Crippen LogP contribution in [0.3, 0.4) is 0 Å². The van der Waals surface area contributed by atoms with E-state index in [1.54, 1.807) is 6.08 Å². The monoisotopic (exact) mass is 601 g/mol. The molecule has 232 valence electrons. The molecule has 0 radical (unpaired) electrons. The number of carbonyl (C=O) groups is 2. The number of nitrogens with zero attached hydrogens (tertiary/aromatic N) is 3. The van der Waals surface area contributed by atoms with Gasteiger partial charge in [0, 0.05) is 31.8 Å². The number of aromatic nitrogens is 2. The van der Waals surface area contributed by atoms with Crippen molar-refractivity contribution >= 4 is 23.3 Å². The van der Waals surface area contributed by atoms with Crippen LogP contribution in [0.1, 0.15) is 83.6 Å². The van der Waals surface area contributed by atoms with Crippen LogP contribution < -0.4 is 26.8 Å². The van der Waals surface area contributed by atoms with Crippen LogP contribution in [0, 0.1) is 0 Å². The topological polar surface area (TPSA) is 165 Å². The van der Waals surface area contributed by atoms with Gasteiger partial charge in [-0.25, -0.2) is 14.8 Å². The predicted molar refractivity (Wildman–Crippen MR) is 168 cm³/mol. The van der Waals surface area contributed by atoms with E-state index >= 15 is 0 Å². The number of hydrogen-bond donors (Lipinski definition) is 3. The van der Waals surface area contributed by atoms with Crippen LogP contribution in [0.2, 0.25) is 0 Å². The lowest BCUT2D eigenvalue weighted by Gasteiger charge is -2.31. The van der Waals surface area contributed by atoms with Gasteiger partial charge in [0.15, 0.2) is 5.69 Å². The Labute approximate surface area is 256 Å². The fourth-order valence-corrected chi connectivity index (χ4v) is 5.34. The summed E-state index contributed by atoms with van der Waals surface area (Å²) in [5, 5.41) is 12.1. The second kappa shape index (κ2) is 14.7. The number of allylic oxidation sites excluding steroid dienone is 1. The number of esters is 1. The molecule has 2 aromatic carbocycles. The molecule has 0 bridgehead atoms. The van der Waals surface area contributed by atoms with Gasteiger partial charge in [0.25, 0.3) is 16.8 Å². The molecule has 1 unspecified atom stereocenters. The van der Waals surface area contributed by atoms with Crippen LogP contribution >= 0.6 is 0 Å². The lowest BCUT2D eigenvalue weighted by atomic mass is 9.96. The number of nitrogens with one attached hydrogen (secondary N) is 1. The largest absolute Gasteiger partial charge is 0.456 e. The fourth-order valence-electron chi connectivity index (χ4n) is 5.34. The molecule has 4 N–H and O–H groups in total. The van der Waals surface area contributed by atoms with Gasteiger partial charge in [-0.15, -0.1) is 6.58 Å². The Morgan fingerprint density at radius 1 is 1.11 bits per heavy atom. The van der Waals surface area contributed by atoms with E-state index in [9.17, 15) is 19.2 Å². The number of ether oxygens (including phenoxy) is 1. The Balaban J connectivity index is 1.33. The van der Waals surface area contributed by atoms with Gasteiger partial charge >= 0.3 is 5.97 Å². The van der Waals surface area contributed by atoms with Gasteiger partial charge in [-0.3, -0.25) is 14.4 Å². The minimum Gasteiger partial charge on any atom is -0.456 e. The molecule has 2 heterocycles. The molecule has 4 rings (SSSR count). The number of carbonyl (C=O) groups excluding carboxylic acids is 2. The van der Waals surface area contributed by atoms with Gasteiger partial charge in [0.1, 0.15) is 30.0 Å². The summed E-state index contributed by atoms with van der Waals surface area (Å²) in [5.74, 6) is -1.11. The summed E-state index contributed by atoms with van der Waals surface area (Å²) in [4.78, 5) is 59.2. The van der Waals surface area contributed by atoms with Gasteiger partial charge in [0.2, 0.25) is 0 Å². The zero-order chi connectivity index (χ0) is 31.8. The SMILES string of the molecule is C=CCC(CCC/C(C)=C(\C)CCO)NC(=O)c1cc(C(=O)OCc2ccc3c(c2)CN(c2c(N)c(=O)c2=O)CC3)ncn1. The standard InChI is InChI=1S/C33H39N5O6/c1-4-6-25(8-5-7-20(2)21(3)12-14-39)37-32(42)26-16-27(36-19-35-26)33(43)44-18-22-9-10-23-11-13-38(17-24(23)15-22)29-28(34)30(40)31(29)41/h4,9-10,15-16,19,25,39H,1,5-8,11-14,17-18,34H2,2-3H3,(H,37,42)/b21-20+. The van der Waals surface area contributed by atoms with Crippen molar-refractivity contribution < 1.29 is 19.4 Å². The molecular weight excluding hydrogens is 562 g/mol. The normalized spacial score (nSPS) is 14.0. The second-order valence-corrected chi connectivity index (χ2v) is 11.2. The highest BCUT2D eigenvalue weighted by Gasteiger charge is 2.27. The van der Waals surface area contributed by atoms with Gasteiger partial charge in [-0.2, -0.15) is 0 Å². The first-order chi connectivity index (χ1) is 21.1. The van der Waals surface area contributed by atoms with Crippen molar-refractivity contribution in [2.45, 2.75) is 71.6 Å². The number of aliphatic hydroxyl groups is 1. The maximum absolute atomic E-state index is 13.0. The summed E-state index contributed by atoms with van der Waals surface area (Å²) >= 11 is 0. The Kier molecular flexibility index (Phi) is 10.8. The lowest BCUT2D eigenvalue weighted by Crippen LogP contribution is -2.44. The smallest absolute Gasteiger partial charge is 0.357 e. The summed E-state index contributed by atoms with van der Waals surface area (Å²) in [7, 11) is 0. The fraction of sp³-hybridized carbons (Fsp3) is 0.394. The Bertz CT molecular complexity index is 1640. The maximum atomic E-state index is 13.0. The Morgan fingerprint density at radius 3 is 2.59 bits per heavy atom. The molecule has 0 aliphatic carbocycles. The van der Waals surface area contributed by atoms with E-state index in [0.717, 1.165) is 42.3 Å². The van der Waals surface area contributed by atoms with E-state index in [2.05, 4.69) is 28.8 Å². The van der Waals surface area contributed by atoms with E-state index in [0.29, 0.717) is 32.4 Å². The van der Waals surface area contributed by atoms with Crippen molar-refractivity contribution in [3.8, 4) is 0 Å². The van der Waals surface area contributed by atoms with Gasteiger partial charge in [-0.1, -0.05) is 35.4 Å². The molecule has 1 aromatic heterocycles. The van der Waals surface area contributed by atoms with Crippen molar-refractivity contribution in [1.82, 2.24) is 15.3 Å². The third-order valence-corrected chi connectivity index (χ3v) is 8.11. The summed E-state index contributed by atoms with van der Waals surface area (Å²) in [6.45, 7) is 8.99. The number of anilines is 2. The molecule has 3 aromatic rings. The first-order valence-corrected chi connectivity index (χ1v) is 14.7. The summed E-state index contributed by atoms with van der Waals surface area (Å²) in [5.41, 5.74) is 10.1. The van der Waals surface area contributed by atoms with E-state index in [1.165, 1.54) is 17.2 Å². The van der Waals surface area contributed by atoms with Crippen molar-refractivity contribution in [3.05, 3.63) is 103 Å². The van der Waals surface area contributed by atoms with E-state index in [1.807, 2.05) is 30.0 Å². The van der Waals surface area contributed by atoms with E-state index < -0.39 is 22.7 Å². The van der Waals surface area contributed by atoms with Crippen LogP contribution in [0.15, 0.2) is 64.0 Å². The molecule has 0 spiro atoms. The van der Waals surface area contributed by atoms with Crippen molar-refractivity contribution in [2.24, 2.45) is 0 Å². The summed E-state index contributed by atoms with van der Waals surface area (Å²) in [6.07, 6.45) is 7.31. The molecule has 0 saturated carbocycles. The number of benzene rings is 1. The highest BCUT2D eigenvalue weighted by atomic mass is 16.5. The van der Waals surface area contributed by atoms with Crippen molar-refractivity contribution in [1.29, 1.82) is 0 Å². The zero-order valence-electron chi connectivity index (χ0n) is 25.2. The number of nitrogen functional groups attached to an aromatic ring is 1. The van der Waals surface area contributed by atoms with E-state index in [-0.39, 0.29) is 42.0 Å². The zero-order valence-corrected chi connectivity index (χ0v) is 25.2. The van der Waals surface area contributed by atoms with Crippen LogP contribution in [-0.4, -0.2) is 46.1 Å². The molecule has 0 fully saturated rings. The number of amides is 1. The molecule has 1 atom stereocenters. The van der Waals surface area contributed by atoms with Gasteiger partial charge in [-0.05, 0) is 69.1 Å². The first-order valence-electron chi connectivity index (χ1n) is 14.7. The highest BCUT2D eigenvalue weighted by molar-refractivity contribution is 5.95. The number of aliphatic hydroxyl groups excluding tert-OH is 1. The molecule has 1 amide bonds.